The Hall–Kier alpha value is -4.88. The Balaban J connectivity index is 1.13. The second-order valence-electron chi connectivity index (χ2n) is 15.3. The first-order valence-corrected chi connectivity index (χ1v) is 18.3. The van der Waals surface area contributed by atoms with Crippen LogP contribution in [-0.2, 0) is 60.8 Å². The molecule has 2 aromatic rings. The third kappa shape index (κ3) is 9.81. The summed E-state index contributed by atoms with van der Waals surface area (Å²) < 4.78 is 63.9. The molecular formula is C39H44F3N3O12. The maximum atomic E-state index is 14.4. The molecule has 0 aromatic heterocycles. The first kappa shape index (κ1) is 41.7. The minimum atomic E-state index is -4.64. The smallest absolute Gasteiger partial charge is 0.422 e. The van der Waals surface area contributed by atoms with E-state index >= 15 is 0 Å². The topological polar surface area (TPSA) is 188 Å². The minimum absolute atomic E-state index is 0.00450. The van der Waals surface area contributed by atoms with E-state index in [2.05, 4.69) is 15.4 Å². The van der Waals surface area contributed by atoms with Gasteiger partial charge in [-0.05, 0) is 62.1 Å². The SMILES string of the molecule is CC(C)(C)OC(=O)CCC(CO)NC(=O)c1cccc(CNC(=O)C23CC4OC(=O)C2N(Cc2ccc(C=CC(=O)OCC(F)(F)F)cc2)OC3C2OCOC42)c1. The van der Waals surface area contributed by atoms with Crippen LogP contribution in [0.4, 0.5) is 13.2 Å². The van der Waals surface area contributed by atoms with Gasteiger partial charge in [-0.1, -0.05) is 36.4 Å². The standard InChI is InChI=1S/C39H44F3N3O12/c1-37(2,3)56-29(48)14-12-26(19-46)44-34(49)25-6-4-5-24(15-25)17-43-36(51)38-16-27-30-31(54-21-53-30)33(38)57-45(32(38)35(50)55-27)18-23-9-7-22(8-10-23)11-13-28(47)52-20-39(40,41)42/h4-11,13,15,26-27,30-33,46H,12,14,16-21H2,1-3H3,(H,43,51)(H,44,49). The van der Waals surface area contributed by atoms with Gasteiger partial charge in [0.2, 0.25) is 5.91 Å². The molecule has 2 bridgehead atoms. The molecule has 308 valence electrons. The molecule has 2 amide bonds. The maximum Gasteiger partial charge on any atom is 0.422 e. The van der Waals surface area contributed by atoms with Gasteiger partial charge in [0.1, 0.15) is 42.2 Å². The molecule has 6 rings (SSSR count). The lowest BCUT2D eigenvalue weighted by atomic mass is 9.62. The highest BCUT2D eigenvalue weighted by molar-refractivity contribution is 5.95. The van der Waals surface area contributed by atoms with Gasteiger partial charge in [0.25, 0.3) is 5.91 Å². The van der Waals surface area contributed by atoms with Crippen molar-refractivity contribution in [2.24, 2.45) is 5.41 Å². The third-order valence-corrected chi connectivity index (χ3v) is 9.92. The fourth-order valence-electron chi connectivity index (χ4n) is 7.44. The van der Waals surface area contributed by atoms with Crippen molar-refractivity contribution in [3.05, 3.63) is 76.9 Å². The molecule has 4 fully saturated rings. The quantitative estimate of drug-likeness (QED) is 0.144. The number of hydrogen-bond donors (Lipinski definition) is 3. The Bertz CT molecular complexity index is 1870. The highest BCUT2D eigenvalue weighted by Gasteiger charge is 2.74. The molecule has 1 saturated carbocycles. The maximum absolute atomic E-state index is 14.4. The van der Waals surface area contributed by atoms with Crippen molar-refractivity contribution in [1.82, 2.24) is 15.7 Å². The van der Waals surface area contributed by atoms with Crippen LogP contribution >= 0.6 is 0 Å². The number of nitrogens with one attached hydrogen (secondary N) is 2. The van der Waals surface area contributed by atoms with Crippen LogP contribution in [0.2, 0.25) is 0 Å². The molecule has 3 aliphatic heterocycles. The Labute approximate surface area is 325 Å². The average Bonchev–Trinajstić information content (AvgIpc) is 3.78. The van der Waals surface area contributed by atoms with E-state index in [-0.39, 0.29) is 44.7 Å². The Kier molecular flexibility index (Phi) is 12.4. The van der Waals surface area contributed by atoms with Crippen molar-refractivity contribution in [1.29, 1.82) is 0 Å². The summed E-state index contributed by atoms with van der Waals surface area (Å²) in [7, 11) is 0. The molecule has 3 saturated heterocycles. The van der Waals surface area contributed by atoms with Gasteiger partial charge in [0.15, 0.2) is 12.6 Å². The zero-order chi connectivity index (χ0) is 41.1. The van der Waals surface area contributed by atoms with Gasteiger partial charge in [-0.3, -0.25) is 24.0 Å². The van der Waals surface area contributed by atoms with E-state index in [1.165, 1.54) is 11.1 Å². The summed E-state index contributed by atoms with van der Waals surface area (Å²) >= 11 is 0. The Morgan fingerprint density at radius 2 is 1.79 bits per heavy atom. The average molecular weight is 804 g/mol. The number of benzene rings is 2. The second kappa shape index (κ2) is 16.9. The summed E-state index contributed by atoms with van der Waals surface area (Å²) in [5.74, 6) is -3.28. The molecule has 7 unspecified atom stereocenters. The summed E-state index contributed by atoms with van der Waals surface area (Å²) in [6, 6.07) is 11.2. The van der Waals surface area contributed by atoms with Crippen molar-refractivity contribution >= 4 is 35.8 Å². The van der Waals surface area contributed by atoms with Crippen LogP contribution in [0.5, 0.6) is 0 Å². The largest absolute Gasteiger partial charge is 0.460 e. The number of rotatable bonds is 14. The fraction of sp³-hybridized carbons (Fsp3) is 0.513. The second-order valence-corrected chi connectivity index (χ2v) is 15.3. The molecular weight excluding hydrogens is 759 g/mol. The molecule has 3 N–H and O–H groups in total. The monoisotopic (exact) mass is 803 g/mol. The number of amides is 2. The van der Waals surface area contributed by atoms with Crippen LogP contribution in [0, 0.1) is 5.41 Å². The van der Waals surface area contributed by atoms with Crippen molar-refractivity contribution < 1.29 is 70.8 Å². The lowest BCUT2D eigenvalue weighted by molar-refractivity contribution is -0.201. The minimum Gasteiger partial charge on any atom is -0.460 e. The zero-order valence-corrected chi connectivity index (χ0v) is 31.4. The Morgan fingerprint density at radius 3 is 2.49 bits per heavy atom. The molecule has 0 radical (unpaired) electrons. The predicted molar refractivity (Wildman–Crippen MR) is 190 cm³/mol. The lowest BCUT2D eigenvalue weighted by Crippen LogP contribution is -2.69. The number of esters is 3. The molecule has 57 heavy (non-hydrogen) atoms. The fourth-order valence-corrected chi connectivity index (χ4v) is 7.44. The van der Waals surface area contributed by atoms with Gasteiger partial charge in [0.05, 0.1) is 19.2 Å². The Morgan fingerprint density at radius 1 is 1.05 bits per heavy atom. The van der Waals surface area contributed by atoms with Crippen LogP contribution in [0.25, 0.3) is 6.08 Å². The number of aliphatic hydroxyl groups is 1. The zero-order valence-electron chi connectivity index (χ0n) is 31.4. The molecule has 3 heterocycles. The summed E-state index contributed by atoms with van der Waals surface area (Å²) in [5.41, 5.74) is -0.167. The predicted octanol–water partition coefficient (Wildman–Crippen LogP) is 2.88. The first-order chi connectivity index (χ1) is 27.0. The number of carbonyl (C=O) groups excluding carboxylic acids is 5. The van der Waals surface area contributed by atoms with Crippen LogP contribution in [-0.4, -0.2) is 108 Å². The van der Waals surface area contributed by atoms with Gasteiger partial charge in [-0.2, -0.15) is 18.2 Å². The van der Waals surface area contributed by atoms with E-state index < -0.39 is 96.6 Å². The van der Waals surface area contributed by atoms with Crippen LogP contribution < -0.4 is 10.6 Å². The summed E-state index contributed by atoms with van der Waals surface area (Å²) in [5, 5.41) is 16.9. The van der Waals surface area contributed by atoms with E-state index in [0.717, 1.165) is 6.08 Å². The molecule has 4 aliphatic rings. The number of carbonyl (C=O) groups is 5. The molecule has 1 aliphatic carbocycles. The highest BCUT2D eigenvalue weighted by atomic mass is 19.4. The van der Waals surface area contributed by atoms with E-state index in [9.17, 15) is 42.3 Å². The van der Waals surface area contributed by atoms with E-state index in [1.807, 2.05) is 0 Å². The van der Waals surface area contributed by atoms with Crippen LogP contribution in [0.1, 0.15) is 67.1 Å². The number of ether oxygens (including phenoxy) is 5. The van der Waals surface area contributed by atoms with Crippen LogP contribution in [0.15, 0.2) is 54.6 Å². The molecule has 18 heteroatoms. The highest BCUT2D eigenvalue weighted by Crippen LogP contribution is 2.55. The summed E-state index contributed by atoms with van der Waals surface area (Å²) in [6.45, 7) is 3.05. The number of hydrogen-bond acceptors (Lipinski definition) is 13. The van der Waals surface area contributed by atoms with Crippen molar-refractivity contribution in [2.45, 2.75) is 101 Å². The lowest BCUT2D eigenvalue weighted by Gasteiger charge is -2.48. The number of aliphatic hydroxyl groups excluding tert-OH is 1. The number of nitrogens with zero attached hydrogens (tertiary/aromatic N) is 1. The number of halogens is 3. The van der Waals surface area contributed by atoms with Crippen molar-refractivity contribution in [3.63, 3.8) is 0 Å². The molecule has 2 aromatic carbocycles. The molecule has 7 atom stereocenters. The van der Waals surface area contributed by atoms with Gasteiger partial charge < -0.3 is 39.4 Å². The van der Waals surface area contributed by atoms with Gasteiger partial charge in [0, 0.05) is 31.0 Å². The van der Waals surface area contributed by atoms with Gasteiger partial charge in [-0.15, -0.1) is 0 Å². The van der Waals surface area contributed by atoms with E-state index in [0.29, 0.717) is 16.7 Å². The summed E-state index contributed by atoms with van der Waals surface area (Å²) in [6.07, 6.45) is -5.33. The summed E-state index contributed by atoms with van der Waals surface area (Å²) in [4.78, 5) is 71.5. The first-order valence-electron chi connectivity index (χ1n) is 18.3. The van der Waals surface area contributed by atoms with Crippen molar-refractivity contribution in [2.75, 3.05) is 20.0 Å². The van der Waals surface area contributed by atoms with Crippen molar-refractivity contribution in [3.8, 4) is 0 Å². The van der Waals surface area contributed by atoms with Gasteiger partial charge >= 0.3 is 24.1 Å². The number of fused-ring (bicyclic) bond motifs is 4. The van der Waals surface area contributed by atoms with Crippen LogP contribution in [0.3, 0.4) is 0 Å². The molecule has 15 nitrogen and oxygen atoms in total. The number of alkyl halides is 3. The number of hydroxylamine groups is 2. The van der Waals surface area contributed by atoms with E-state index in [1.54, 1.807) is 69.3 Å². The van der Waals surface area contributed by atoms with Gasteiger partial charge in [-0.25, -0.2) is 4.79 Å². The normalized spacial score (nSPS) is 26.0. The third-order valence-electron chi connectivity index (χ3n) is 9.92. The van der Waals surface area contributed by atoms with E-state index in [4.69, 9.17) is 23.8 Å². The molecule has 0 spiro atoms.